The Morgan fingerprint density at radius 2 is 1.00 bits per heavy atom. The van der Waals surface area contributed by atoms with Gasteiger partial charge in [0.2, 0.25) is 0 Å². The summed E-state index contributed by atoms with van der Waals surface area (Å²) in [7, 11) is 0. The number of pyridine rings is 1. The maximum absolute atomic E-state index is 6.11. The predicted molar refractivity (Wildman–Crippen MR) is 201 cm³/mol. The largest absolute Gasteiger partial charge is 0.456 e. The van der Waals surface area contributed by atoms with Crippen molar-refractivity contribution in [2.45, 2.75) is 0 Å². The Hall–Kier alpha value is -6.92. The Morgan fingerprint density at radius 1 is 0.400 bits per heavy atom. The summed E-state index contributed by atoms with van der Waals surface area (Å²) in [6, 6.07) is 53.9. The van der Waals surface area contributed by atoms with E-state index < -0.39 is 0 Å². The molecule has 10 aromatic rings. The van der Waals surface area contributed by atoms with Gasteiger partial charge < -0.3 is 8.98 Å². The zero-order valence-electron chi connectivity index (χ0n) is 26.7. The fourth-order valence-corrected chi connectivity index (χ4v) is 6.91. The van der Waals surface area contributed by atoms with Crippen LogP contribution in [0.5, 0.6) is 0 Å². The Balaban J connectivity index is 1.10. The molecule has 0 amide bonds. The van der Waals surface area contributed by atoms with Crippen molar-refractivity contribution in [3.05, 3.63) is 164 Å². The van der Waals surface area contributed by atoms with E-state index in [1.807, 2.05) is 85.1 Å². The Morgan fingerprint density at radius 3 is 1.74 bits per heavy atom. The highest BCUT2D eigenvalue weighted by Gasteiger charge is 2.17. The summed E-state index contributed by atoms with van der Waals surface area (Å²) in [5.41, 5.74) is 9.74. The van der Waals surface area contributed by atoms with Gasteiger partial charge in [0.1, 0.15) is 16.9 Å². The monoisotopic (exact) mass is 641 g/mol. The van der Waals surface area contributed by atoms with Gasteiger partial charge in [0.25, 0.3) is 0 Å². The van der Waals surface area contributed by atoms with Gasteiger partial charge in [-0.1, -0.05) is 115 Å². The molecule has 4 aromatic heterocycles. The lowest BCUT2D eigenvalue weighted by Crippen LogP contribution is -2.02. The molecule has 50 heavy (non-hydrogen) atoms. The number of rotatable bonds is 5. The first kappa shape index (κ1) is 28.1. The van der Waals surface area contributed by atoms with Gasteiger partial charge in [-0.3, -0.25) is 4.98 Å². The third-order valence-electron chi connectivity index (χ3n) is 9.32. The van der Waals surface area contributed by atoms with Crippen LogP contribution in [0.2, 0.25) is 0 Å². The molecule has 0 aliphatic rings. The van der Waals surface area contributed by atoms with Crippen molar-refractivity contribution < 1.29 is 4.42 Å². The molecule has 10 rings (SSSR count). The van der Waals surface area contributed by atoms with E-state index in [2.05, 4.69) is 83.4 Å². The van der Waals surface area contributed by atoms with E-state index in [0.717, 1.165) is 60.9 Å². The van der Waals surface area contributed by atoms with E-state index in [4.69, 9.17) is 24.4 Å². The molecule has 6 nitrogen and oxygen atoms in total. The molecule has 0 aliphatic heterocycles. The molecule has 4 heterocycles. The van der Waals surface area contributed by atoms with Crippen molar-refractivity contribution >= 4 is 43.7 Å². The summed E-state index contributed by atoms with van der Waals surface area (Å²) >= 11 is 0. The number of aromatic nitrogens is 5. The van der Waals surface area contributed by atoms with Crippen LogP contribution in [0.15, 0.2) is 168 Å². The van der Waals surface area contributed by atoms with Gasteiger partial charge in [0.05, 0.1) is 22.9 Å². The molecule has 0 saturated carbocycles. The van der Waals surface area contributed by atoms with Gasteiger partial charge in [-0.05, 0) is 53.6 Å². The molecule has 0 radical (unpaired) electrons. The first-order chi connectivity index (χ1) is 24.8. The quantitative estimate of drug-likeness (QED) is 0.187. The average Bonchev–Trinajstić information content (AvgIpc) is 3.73. The van der Waals surface area contributed by atoms with Crippen molar-refractivity contribution in [2.24, 2.45) is 0 Å². The van der Waals surface area contributed by atoms with E-state index in [-0.39, 0.29) is 0 Å². The summed E-state index contributed by atoms with van der Waals surface area (Å²) in [6.45, 7) is 0. The lowest BCUT2D eigenvalue weighted by molar-refractivity contribution is 0.669. The van der Waals surface area contributed by atoms with E-state index in [1.165, 1.54) is 10.8 Å². The fourth-order valence-electron chi connectivity index (χ4n) is 6.91. The number of hydrogen-bond donors (Lipinski definition) is 0. The second-order valence-corrected chi connectivity index (χ2v) is 12.3. The van der Waals surface area contributed by atoms with Crippen LogP contribution in [-0.4, -0.2) is 24.5 Å². The smallest absolute Gasteiger partial charge is 0.182 e. The topological polar surface area (TPSA) is 69.6 Å². The molecule has 0 saturated heterocycles. The minimum Gasteiger partial charge on any atom is -0.456 e. The standard InChI is InChI=1S/C44H27N5O/c1-3-11-28(12-4-1)42-46-43(29-13-5-2-6-14-29)48-44(47-42)37-23-21-32(27-45-37)49-38-17-9-7-15-33(38)34-22-19-31(26-39(34)49)30-20-24-41-36(25-30)35-16-8-10-18-40(35)50-41/h1-27H. The van der Waals surface area contributed by atoms with Gasteiger partial charge in [-0.25, -0.2) is 15.0 Å². The summed E-state index contributed by atoms with van der Waals surface area (Å²) in [6.07, 6.45) is 1.91. The highest BCUT2D eigenvalue weighted by molar-refractivity contribution is 6.11. The van der Waals surface area contributed by atoms with Crippen LogP contribution in [0.4, 0.5) is 0 Å². The SMILES string of the molecule is c1ccc(-c2nc(-c3ccccc3)nc(-c3ccc(-n4c5ccccc5c5ccc(-c6ccc7oc8ccccc8c7c6)cc54)cn3)n2)cc1. The average molecular weight is 642 g/mol. The van der Waals surface area contributed by atoms with Gasteiger partial charge in [0.15, 0.2) is 17.5 Å². The lowest BCUT2D eigenvalue weighted by atomic mass is 10.0. The van der Waals surface area contributed by atoms with Gasteiger partial charge >= 0.3 is 0 Å². The molecule has 6 heteroatoms. The molecule has 0 spiro atoms. The van der Waals surface area contributed by atoms with Gasteiger partial charge in [0, 0.05) is 32.7 Å². The Labute approximate surface area is 287 Å². The molecule has 6 aromatic carbocycles. The third kappa shape index (κ3) is 4.65. The molecule has 0 N–H and O–H groups in total. The van der Waals surface area contributed by atoms with Gasteiger partial charge in [-0.2, -0.15) is 0 Å². The Kier molecular flexibility index (Phi) is 6.39. The third-order valence-corrected chi connectivity index (χ3v) is 9.32. The number of hydrogen-bond acceptors (Lipinski definition) is 5. The summed E-state index contributed by atoms with van der Waals surface area (Å²) in [5, 5.41) is 4.60. The number of nitrogens with zero attached hydrogens (tertiary/aromatic N) is 5. The molecule has 0 atom stereocenters. The number of fused-ring (bicyclic) bond motifs is 6. The zero-order valence-corrected chi connectivity index (χ0v) is 26.7. The van der Waals surface area contributed by atoms with Crippen molar-refractivity contribution in [1.29, 1.82) is 0 Å². The van der Waals surface area contributed by atoms with Crippen molar-refractivity contribution in [1.82, 2.24) is 24.5 Å². The zero-order chi connectivity index (χ0) is 33.0. The second kappa shape index (κ2) is 11.4. The van der Waals surface area contributed by atoms with E-state index in [0.29, 0.717) is 23.2 Å². The van der Waals surface area contributed by atoms with Crippen LogP contribution >= 0.6 is 0 Å². The molecular formula is C44H27N5O. The highest BCUT2D eigenvalue weighted by atomic mass is 16.3. The Bertz CT molecular complexity index is 2800. The maximum Gasteiger partial charge on any atom is 0.182 e. The fraction of sp³-hybridized carbons (Fsp3) is 0. The van der Waals surface area contributed by atoms with Crippen LogP contribution in [0.1, 0.15) is 0 Å². The summed E-state index contributed by atoms with van der Waals surface area (Å²) < 4.78 is 8.39. The first-order valence-corrected chi connectivity index (χ1v) is 16.6. The molecule has 0 unspecified atom stereocenters. The predicted octanol–water partition coefficient (Wildman–Crippen LogP) is 10.9. The summed E-state index contributed by atoms with van der Waals surface area (Å²) in [5.74, 6) is 1.74. The van der Waals surface area contributed by atoms with Crippen molar-refractivity contribution in [3.8, 4) is 51.1 Å². The van der Waals surface area contributed by atoms with Crippen molar-refractivity contribution in [3.63, 3.8) is 0 Å². The molecule has 0 bridgehead atoms. The number of furan rings is 1. The summed E-state index contributed by atoms with van der Waals surface area (Å²) in [4.78, 5) is 19.5. The van der Waals surface area contributed by atoms with Crippen LogP contribution in [0, 0.1) is 0 Å². The molecule has 0 aliphatic carbocycles. The number of benzene rings is 6. The lowest BCUT2D eigenvalue weighted by Gasteiger charge is -2.11. The minimum atomic E-state index is 0.524. The van der Waals surface area contributed by atoms with E-state index >= 15 is 0 Å². The highest BCUT2D eigenvalue weighted by Crippen LogP contribution is 2.37. The van der Waals surface area contributed by atoms with Crippen LogP contribution in [0.25, 0.3) is 94.9 Å². The first-order valence-electron chi connectivity index (χ1n) is 16.6. The van der Waals surface area contributed by atoms with E-state index in [1.54, 1.807) is 0 Å². The maximum atomic E-state index is 6.11. The van der Waals surface area contributed by atoms with Gasteiger partial charge in [-0.15, -0.1) is 0 Å². The van der Waals surface area contributed by atoms with Crippen LogP contribution < -0.4 is 0 Å². The molecule has 0 fully saturated rings. The minimum absolute atomic E-state index is 0.524. The van der Waals surface area contributed by atoms with E-state index in [9.17, 15) is 0 Å². The molecular weight excluding hydrogens is 615 g/mol. The normalized spacial score (nSPS) is 11.6. The second-order valence-electron chi connectivity index (χ2n) is 12.3. The van der Waals surface area contributed by atoms with Crippen LogP contribution in [0.3, 0.4) is 0 Å². The molecule has 234 valence electrons. The van der Waals surface area contributed by atoms with Crippen LogP contribution in [-0.2, 0) is 0 Å². The number of para-hydroxylation sites is 2. The van der Waals surface area contributed by atoms with Crippen molar-refractivity contribution in [2.75, 3.05) is 0 Å².